The van der Waals surface area contributed by atoms with E-state index < -0.39 is 0 Å². The van der Waals surface area contributed by atoms with Crippen molar-refractivity contribution in [3.05, 3.63) is 71.5 Å². The molecule has 4 aromatic rings. The monoisotopic (exact) mass is 560 g/mol. The Bertz CT molecular complexity index is 1580. The summed E-state index contributed by atoms with van der Waals surface area (Å²) in [4.78, 5) is 32.6. The van der Waals surface area contributed by atoms with Gasteiger partial charge in [-0.15, -0.1) is 11.6 Å². The molecule has 0 radical (unpaired) electrons. The third kappa shape index (κ3) is 4.91. The molecule has 3 heterocycles. The van der Waals surface area contributed by atoms with Crippen molar-refractivity contribution in [2.24, 2.45) is 5.73 Å². The number of nitrogens with zero attached hydrogens (tertiary/aromatic N) is 3. The SMILES string of the molecule is CN1CCN(C(=O)Oc2cc3c(c4ccccc24)[C@H](CCl)CN3C(=O)c2cc3cc(CCCN)ccc3o2)CC1. The molecule has 2 aliphatic rings. The summed E-state index contributed by atoms with van der Waals surface area (Å²) in [5.74, 6) is 0.725. The molecule has 2 N–H and O–H groups in total. The van der Waals surface area contributed by atoms with Gasteiger partial charge in [-0.25, -0.2) is 4.79 Å². The first-order chi connectivity index (χ1) is 19.5. The lowest BCUT2D eigenvalue weighted by Crippen LogP contribution is -2.48. The quantitative estimate of drug-likeness (QED) is 0.326. The van der Waals surface area contributed by atoms with Crippen molar-refractivity contribution in [1.29, 1.82) is 0 Å². The Morgan fingerprint density at radius 3 is 2.58 bits per heavy atom. The largest absolute Gasteiger partial charge is 0.451 e. The van der Waals surface area contributed by atoms with Crippen molar-refractivity contribution >= 4 is 51.0 Å². The van der Waals surface area contributed by atoms with Crippen LogP contribution in [0.25, 0.3) is 21.7 Å². The summed E-state index contributed by atoms with van der Waals surface area (Å²) >= 11 is 6.45. The summed E-state index contributed by atoms with van der Waals surface area (Å²) in [6, 6.07) is 17.4. The summed E-state index contributed by atoms with van der Waals surface area (Å²) in [6.07, 6.45) is 1.39. The molecule has 40 heavy (non-hydrogen) atoms. The van der Waals surface area contributed by atoms with Gasteiger partial charge in [0.1, 0.15) is 11.3 Å². The number of aryl methyl sites for hydroxylation is 1. The van der Waals surface area contributed by atoms with Crippen molar-refractivity contribution in [3.63, 3.8) is 0 Å². The molecule has 6 rings (SSSR count). The molecule has 0 bridgehead atoms. The number of nitrogens with two attached hydrogens (primary N) is 1. The van der Waals surface area contributed by atoms with E-state index in [0.717, 1.165) is 53.2 Å². The number of carbonyl (C=O) groups excluding carboxylic acids is 2. The summed E-state index contributed by atoms with van der Waals surface area (Å²) in [5.41, 5.74) is 9.17. The Balaban J connectivity index is 1.36. The minimum atomic E-state index is -0.384. The van der Waals surface area contributed by atoms with Crippen LogP contribution in [0.1, 0.15) is 34.0 Å². The van der Waals surface area contributed by atoms with Crippen LogP contribution in [0.15, 0.2) is 59.0 Å². The van der Waals surface area contributed by atoms with Gasteiger partial charge in [-0.3, -0.25) is 4.79 Å². The maximum Gasteiger partial charge on any atom is 0.415 e. The van der Waals surface area contributed by atoms with Gasteiger partial charge in [-0.05, 0) is 61.1 Å². The second kappa shape index (κ2) is 11.1. The van der Waals surface area contributed by atoms with E-state index in [-0.39, 0.29) is 23.7 Å². The Kier molecular flexibility index (Phi) is 7.40. The van der Waals surface area contributed by atoms with Crippen LogP contribution in [0, 0.1) is 0 Å². The van der Waals surface area contributed by atoms with Gasteiger partial charge in [0.25, 0.3) is 5.91 Å². The summed E-state index contributed by atoms with van der Waals surface area (Å²) in [6.45, 7) is 3.85. The van der Waals surface area contributed by atoms with Crippen LogP contribution in [0.3, 0.4) is 0 Å². The fraction of sp³-hybridized carbons (Fsp3) is 0.355. The molecule has 0 saturated carbocycles. The lowest BCUT2D eigenvalue weighted by molar-refractivity contribution is 0.0964. The van der Waals surface area contributed by atoms with Gasteiger partial charge < -0.3 is 29.6 Å². The molecule has 0 spiro atoms. The van der Waals surface area contributed by atoms with Gasteiger partial charge in [0, 0.05) is 61.4 Å². The van der Waals surface area contributed by atoms with Crippen molar-refractivity contribution in [2.75, 3.05) is 57.1 Å². The van der Waals surface area contributed by atoms with Crippen LogP contribution < -0.4 is 15.4 Å². The number of amides is 2. The maximum atomic E-state index is 13.9. The van der Waals surface area contributed by atoms with E-state index in [0.29, 0.717) is 49.1 Å². The second-order valence-corrected chi connectivity index (χ2v) is 11.0. The number of alkyl halides is 1. The molecule has 1 fully saturated rings. The average molecular weight is 561 g/mol. The number of ether oxygens (including phenoxy) is 1. The number of likely N-dealkylation sites (N-methyl/N-ethyl adjacent to an activating group) is 1. The molecule has 2 aliphatic heterocycles. The minimum Gasteiger partial charge on any atom is -0.451 e. The Hall–Kier alpha value is -3.59. The van der Waals surface area contributed by atoms with Gasteiger partial charge in [0.2, 0.25) is 0 Å². The molecular weight excluding hydrogens is 528 g/mol. The molecule has 2 amide bonds. The smallest absolute Gasteiger partial charge is 0.415 e. The van der Waals surface area contributed by atoms with Crippen LogP contribution >= 0.6 is 11.6 Å². The first kappa shape index (κ1) is 26.6. The van der Waals surface area contributed by atoms with E-state index in [2.05, 4.69) is 4.90 Å². The number of fused-ring (bicyclic) bond motifs is 4. The Labute approximate surface area is 238 Å². The van der Waals surface area contributed by atoms with Crippen molar-refractivity contribution < 1.29 is 18.7 Å². The van der Waals surface area contributed by atoms with Crippen LogP contribution in [-0.4, -0.2) is 74.0 Å². The van der Waals surface area contributed by atoms with E-state index in [1.165, 1.54) is 0 Å². The highest BCUT2D eigenvalue weighted by molar-refractivity contribution is 6.19. The van der Waals surface area contributed by atoms with Gasteiger partial charge in [-0.2, -0.15) is 0 Å². The third-order valence-corrected chi connectivity index (χ3v) is 8.35. The van der Waals surface area contributed by atoms with Gasteiger partial charge >= 0.3 is 6.09 Å². The number of hydrogen-bond donors (Lipinski definition) is 1. The summed E-state index contributed by atoms with van der Waals surface area (Å²) in [7, 11) is 2.04. The molecule has 1 saturated heterocycles. The second-order valence-electron chi connectivity index (χ2n) is 10.7. The number of rotatable bonds is 6. The fourth-order valence-corrected chi connectivity index (χ4v) is 6.01. The normalized spacial score (nSPS) is 17.5. The number of anilines is 1. The van der Waals surface area contributed by atoms with Crippen LogP contribution in [0.5, 0.6) is 5.75 Å². The zero-order valence-electron chi connectivity index (χ0n) is 22.6. The number of halogens is 1. The zero-order valence-corrected chi connectivity index (χ0v) is 23.3. The Morgan fingerprint density at radius 1 is 1.05 bits per heavy atom. The molecule has 0 unspecified atom stereocenters. The standard InChI is InChI=1S/C31H33ClN4O4/c1-34-11-13-35(14-12-34)31(38)40-27-17-25-29(24-7-3-2-6-23(24)27)22(18-32)19-36(25)30(37)28-16-21-15-20(5-4-10-33)8-9-26(21)39-28/h2-3,6-9,15-17,22H,4-5,10-14,18-19,33H2,1H3/t22-/m1/s1. The number of furan rings is 1. The first-order valence-corrected chi connectivity index (χ1v) is 14.3. The van der Waals surface area contributed by atoms with Crippen LogP contribution in [-0.2, 0) is 6.42 Å². The maximum absolute atomic E-state index is 13.9. The van der Waals surface area contributed by atoms with E-state index in [1.54, 1.807) is 15.9 Å². The first-order valence-electron chi connectivity index (χ1n) is 13.8. The molecular formula is C31H33ClN4O4. The molecule has 8 nitrogen and oxygen atoms in total. The topological polar surface area (TPSA) is 92.2 Å². The van der Waals surface area contributed by atoms with E-state index >= 15 is 0 Å². The fourth-order valence-electron chi connectivity index (χ4n) is 5.76. The van der Waals surface area contributed by atoms with Gasteiger partial charge in [-0.1, -0.05) is 30.3 Å². The number of carbonyl (C=O) groups is 2. The van der Waals surface area contributed by atoms with Crippen molar-refractivity contribution in [2.45, 2.75) is 18.8 Å². The average Bonchev–Trinajstić information content (AvgIpc) is 3.57. The molecule has 208 valence electrons. The third-order valence-electron chi connectivity index (χ3n) is 7.98. The van der Waals surface area contributed by atoms with Gasteiger partial charge in [0.05, 0.1) is 5.69 Å². The highest BCUT2D eigenvalue weighted by atomic mass is 35.5. The Morgan fingerprint density at radius 2 is 1.82 bits per heavy atom. The van der Waals surface area contributed by atoms with Gasteiger partial charge in [0.15, 0.2) is 5.76 Å². The predicted molar refractivity (Wildman–Crippen MR) is 158 cm³/mol. The predicted octanol–water partition coefficient (Wildman–Crippen LogP) is 5.21. The van der Waals surface area contributed by atoms with Crippen LogP contribution in [0.2, 0.25) is 0 Å². The summed E-state index contributed by atoms with van der Waals surface area (Å²) < 4.78 is 12.0. The highest BCUT2D eigenvalue weighted by Gasteiger charge is 2.36. The van der Waals surface area contributed by atoms with E-state index in [4.69, 9.17) is 26.5 Å². The lowest BCUT2D eigenvalue weighted by Gasteiger charge is -2.31. The van der Waals surface area contributed by atoms with E-state index in [9.17, 15) is 9.59 Å². The number of benzene rings is 3. The number of piperazine rings is 1. The molecule has 1 atom stereocenters. The lowest BCUT2D eigenvalue weighted by atomic mass is 9.95. The molecule has 9 heteroatoms. The molecule has 1 aromatic heterocycles. The minimum absolute atomic E-state index is 0.0693. The highest BCUT2D eigenvalue weighted by Crippen LogP contribution is 2.46. The molecule has 0 aliphatic carbocycles. The van der Waals surface area contributed by atoms with Crippen molar-refractivity contribution in [1.82, 2.24) is 9.80 Å². The zero-order chi connectivity index (χ0) is 27.8. The molecule has 3 aromatic carbocycles. The summed E-state index contributed by atoms with van der Waals surface area (Å²) in [5, 5.41) is 2.63. The number of hydrogen-bond acceptors (Lipinski definition) is 6. The van der Waals surface area contributed by atoms with Crippen LogP contribution in [0.4, 0.5) is 10.5 Å². The van der Waals surface area contributed by atoms with Crippen molar-refractivity contribution in [3.8, 4) is 5.75 Å². The van der Waals surface area contributed by atoms with E-state index in [1.807, 2.05) is 55.6 Å².